The van der Waals surface area contributed by atoms with Gasteiger partial charge in [0.1, 0.15) is 5.88 Å². The van der Waals surface area contributed by atoms with Crippen LogP contribution in [0.3, 0.4) is 0 Å². The molecule has 1 aromatic rings. The average molecular weight is 253 g/mol. The van der Waals surface area contributed by atoms with E-state index in [4.69, 9.17) is 11.6 Å². The number of carbonyl (C=O) groups is 2. The molecular formula is C12H13ClN2O2. The zero-order valence-electron chi connectivity index (χ0n) is 9.15. The van der Waals surface area contributed by atoms with Crippen LogP contribution in [0.25, 0.3) is 0 Å². The fourth-order valence-electron chi connectivity index (χ4n) is 1.79. The number of urea groups is 1. The zero-order valence-corrected chi connectivity index (χ0v) is 9.91. The van der Waals surface area contributed by atoms with Crippen molar-refractivity contribution in [3.63, 3.8) is 0 Å². The van der Waals surface area contributed by atoms with Crippen molar-refractivity contribution in [1.29, 1.82) is 0 Å². The molecule has 5 heteroatoms. The molecule has 0 aromatic heterocycles. The molecule has 1 aliphatic carbocycles. The highest BCUT2D eigenvalue weighted by Gasteiger charge is 2.39. The number of halogens is 1. The third-order valence-electron chi connectivity index (χ3n) is 2.71. The summed E-state index contributed by atoms with van der Waals surface area (Å²) in [6.45, 7) is 0. The molecule has 2 atom stereocenters. The van der Waals surface area contributed by atoms with Crippen LogP contribution in [-0.2, 0) is 4.79 Å². The van der Waals surface area contributed by atoms with Crippen molar-refractivity contribution in [3.8, 4) is 0 Å². The molecule has 90 valence electrons. The van der Waals surface area contributed by atoms with Crippen LogP contribution in [0.2, 0.25) is 0 Å². The van der Waals surface area contributed by atoms with Crippen molar-refractivity contribution >= 4 is 23.5 Å². The molecular weight excluding hydrogens is 240 g/mol. The number of hydrogen-bond donors (Lipinski definition) is 2. The average Bonchev–Trinajstić information content (AvgIpc) is 3.09. The van der Waals surface area contributed by atoms with Gasteiger partial charge >= 0.3 is 6.03 Å². The van der Waals surface area contributed by atoms with Gasteiger partial charge in [-0.2, -0.15) is 0 Å². The van der Waals surface area contributed by atoms with Crippen LogP contribution < -0.4 is 10.6 Å². The first kappa shape index (κ1) is 11.9. The van der Waals surface area contributed by atoms with E-state index in [0.29, 0.717) is 5.92 Å². The van der Waals surface area contributed by atoms with E-state index in [1.807, 2.05) is 30.3 Å². The first-order valence-corrected chi connectivity index (χ1v) is 5.95. The summed E-state index contributed by atoms with van der Waals surface area (Å²) < 4.78 is 0. The van der Waals surface area contributed by atoms with E-state index in [9.17, 15) is 9.59 Å². The number of benzene rings is 1. The second kappa shape index (κ2) is 5.19. The predicted molar refractivity (Wildman–Crippen MR) is 65.0 cm³/mol. The maximum atomic E-state index is 11.3. The lowest BCUT2D eigenvalue weighted by atomic mass is 10.1. The quantitative estimate of drug-likeness (QED) is 0.803. The van der Waals surface area contributed by atoms with Crippen molar-refractivity contribution in [3.05, 3.63) is 35.9 Å². The highest BCUT2D eigenvalue weighted by molar-refractivity contribution is 6.28. The van der Waals surface area contributed by atoms with Gasteiger partial charge in [0, 0.05) is 12.0 Å². The molecule has 0 spiro atoms. The molecule has 17 heavy (non-hydrogen) atoms. The summed E-state index contributed by atoms with van der Waals surface area (Å²) >= 11 is 5.28. The lowest BCUT2D eigenvalue weighted by Gasteiger charge is -2.05. The van der Waals surface area contributed by atoms with Gasteiger partial charge in [-0.15, -0.1) is 11.6 Å². The Labute approximate surface area is 104 Å². The topological polar surface area (TPSA) is 58.2 Å². The smallest absolute Gasteiger partial charge is 0.321 e. The predicted octanol–water partition coefficient (Wildman–Crippen LogP) is 1.61. The van der Waals surface area contributed by atoms with Crippen LogP contribution in [0.4, 0.5) is 4.79 Å². The molecule has 0 saturated heterocycles. The van der Waals surface area contributed by atoms with Crippen LogP contribution >= 0.6 is 11.6 Å². The third kappa shape index (κ3) is 3.20. The molecule has 1 aromatic carbocycles. The highest BCUT2D eigenvalue weighted by Crippen LogP contribution is 2.40. The van der Waals surface area contributed by atoms with E-state index in [-0.39, 0.29) is 11.9 Å². The minimum absolute atomic E-state index is 0.112. The Hall–Kier alpha value is -1.55. The zero-order chi connectivity index (χ0) is 12.3. The Kier molecular flexibility index (Phi) is 3.64. The van der Waals surface area contributed by atoms with Crippen LogP contribution in [0.5, 0.6) is 0 Å². The molecule has 1 fully saturated rings. The summed E-state index contributed by atoms with van der Waals surface area (Å²) in [6, 6.07) is 9.62. The van der Waals surface area contributed by atoms with E-state index in [1.165, 1.54) is 5.56 Å². The number of alkyl halides is 1. The van der Waals surface area contributed by atoms with Crippen molar-refractivity contribution in [2.45, 2.75) is 18.4 Å². The molecule has 0 bridgehead atoms. The molecule has 0 aliphatic heterocycles. The highest BCUT2D eigenvalue weighted by atomic mass is 35.5. The number of imide groups is 1. The number of carbonyl (C=O) groups excluding carboxylic acids is 2. The van der Waals surface area contributed by atoms with E-state index in [1.54, 1.807) is 0 Å². The van der Waals surface area contributed by atoms with E-state index >= 15 is 0 Å². The minimum atomic E-state index is -0.485. The molecule has 1 saturated carbocycles. The molecule has 3 amide bonds. The maximum absolute atomic E-state index is 11.3. The molecule has 2 rings (SSSR count). The number of hydrogen-bond acceptors (Lipinski definition) is 2. The van der Waals surface area contributed by atoms with Gasteiger partial charge in [-0.1, -0.05) is 30.3 Å². The Bertz CT molecular complexity index is 422. The third-order valence-corrected chi connectivity index (χ3v) is 2.95. The van der Waals surface area contributed by atoms with E-state index in [2.05, 4.69) is 10.6 Å². The van der Waals surface area contributed by atoms with Crippen molar-refractivity contribution in [2.24, 2.45) is 0 Å². The maximum Gasteiger partial charge on any atom is 0.321 e. The van der Waals surface area contributed by atoms with Crippen LogP contribution in [0, 0.1) is 0 Å². The van der Waals surface area contributed by atoms with Gasteiger partial charge in [-0.05, 0) is 12.0 Å². The Morgan fingerprint density at radius 1 is 1.29 bits per heavy atom. The summed E-state index contributed by atoms with van der Waals surface area (Å²) in [5, 5.41) is 4.89. The summed E-state index contributed by atoms with van der Waals surface area (Å²) in [7, 11) is 0. The van der Waals surface area contributed by atoms with Gasteiger partial charge in [0.15, 0.2) is 0 Å². The summed E-state index contributed by atoms with van der Waals surface area (Å²) in [5.41, 5.74) is 1.21. The van der Waals surface area contributed by atoms with E-state index in [0.717, 1.165) is 6.42 Å². The lowest BCUT2D eigenvalue weighted by molar-refractivity contribution is -0.117. The molecule has 0 radical (unpaired) electrons. The van der Waals surface area contributed by atoms with Crippen LogP contribution in [0.1, 0.15) is 17.9 Å². The molecule has 1 aliphatic rings. The Morgan fingerprint density at radius 3 is 2.65 bits per heavy atom. The number of nitrogens with one attached hydrogen (secondary N) is 2. The van der Waals surface area contributed by atoms with E-state index < -0.39 is 11.9 Å². The molecule has 0 heterocycles. The molecule has 4 nitrogen and oxygen atoms in total. The fraction of sp³-hybridized carbons (Fsp3) is 0.333. The first-order chi connectivity index (χ1) is 8.20. The fourth-order valence-corrected chi connectivity index (χ4v) is 1.85. The van der Waals surface area contributed by atoms with Gasteiger partial charge in [0.2, 0.25) is 5.91 Å². The largest absolute Gasteiger partial charge is 0.334 e. The van der Waals surface area contributed by atoms with Gasteiger partial charge in [-0.25, -0.2) is 4.79 Å². The van der Waals surface area contributed by atoms with Crippen molar-refractivity contribution < 1.29 is 9.59 Å². The van der Waals surface area contributed by atoms with Gasteiger partial charge in [0.25, 0.3) is 0 Å². The van der Waals surface area contributed by atoms with Gasteiger partial charge in [-0.3, -0.25) is 10.1 Å². The lowest BCUT2D eigenvalue weighted by Crippen LogP contribution is -2.41. The first-order valence-electron chi connectivity index (χ1n) is 5.42. The second-order valence-corrected chi connectivity index (χ2v) is 4.28. The standard InChI is InChI=1S/C12H13ClN2O2/c13-7-11(16)15-12(17)14-10-6-9(10)8-4-2-1-3-5-8/h1-5,9-10H,6-7H2,(H2,14,15,16,17). The van der Waals surface area contributed by atoms with Crippen LogP contribution in [0.15, 0.2) is 30.3 Å². The normalized spacial score (nSPS) is 21.7. The number of rotatable bonds is 3. The van der Waals surface area contributed by atoms with Gasteiger partial charge in [0.05, 0.1) is 0 Å². The Morgan fingerprint density at radius 2 is 2.00 bits per heavy atom. The van der Waals surface area contributed by atoms with Crippen molar-refractivity contribution in [1.82, 2.24) is 10.6 Å². The minimum Gasteiger partial charge on any atom is -0.334 e. The molecule has 2 N–H and O–H groups in total. The van der Waals surface area contributed by atoms with Gasteiger partial charge < -0.3 is 5.32 Å². The van der Waals surface area contributed by atoms with Crippen molar-refractivity contribution in [2.75, 3.05) is 5.88 Å². The SMILES string of the molecule is O=C(CCl)NC(=O)NC1CC1c1ccccc1. The monoisotopic (exact) mass is 252 g/mol. The summed E-state index contributed by atoms with van der Waals surface area (Å²) in [6.07, 6.45) is 0.909. The summed E-state index contributed by atoms with van der Waals surface area (Å²) in [5.74, 6) is -0.339. The summed E-state index contributed by atoms with van der Waals surface area (Å²) in [4.78, 5) is 22.2. The molecule has 2 unspecified atom stereocenters. The van der Waals surface area contributed by atoms with Crippen LogP contribution in [-0.4, -0.2) is 23.9 Å². The second-order valence-electron chi connectivity index (χ2n) is 4.01. The Balaban J connectivity index is 1.80. The number of amides is 3.